The van der Waals surface area contributed by atoms with Crippen molar-refractivity contribution in [1.29, 1.82) is 0 Å². The number of hydrogen-bond acceptors (Lipinski definition) is 2. The summed E-state index contributed by atoms with van der Waals surface area (Å²) < 4.78 is 38.1. The summed E-state index contributed by atoms with van der Waals surface area (Å²) in [5.41, 5.74) is 1.45. The second-order valence-corrected chi connectivity index (χ2v) is 6.84. The van der Waals surface area contributed by atoms with Crippen molar-refractivity contribution in [1.82, 2.24) is 15.5 Å². The number of urea groups is 1. The molecule has 1 aromatic heterocycles. The SMILES string of the molecule is CC(C)(NC(=O)Nc1ccc(-c2cn[nH]c2)cc1)c1ccc(C(F)(F)F)cc1. The van der Waals surface area contributed by atoms with Crippen LogP contribution in [0.4, 0.5) is 23.7 Å². The maximum Gasteiger partial charge on any atom is 0.416 e. The van der Waals surface area contributed by atoms with Gasteiger partial charge in [0, 0.05) is 17.4 Å². The summed E-state index contributed by atoms with van der Waals surface area (Å²) >= 11 is 0. The molecular weight excluding hydrogens is 369 g/mol. The molecule has 0 saturated heterocycles. The number of aromatic nitrogens is 2. The number of carbonyl (C=O) groups is 1. The number of benzene rings is 2. The minimum atomic E-state index is -4.39. The van der Waals surface area contributed by atoms with E-state index >= 15 is 0 Å². The number of nitrogens with one attached hydrogen (secondary N) is 3. The molecule has 0 bridgehead atoms. The van der Waals surface area contributed by atoms with E-state index in [1.165, 1.54) is 12.1 Å². The van der Waals surface area contributed by atoms with Crippen LogP contribution in [0.2, 0.25) is 0 Å². The van der Waals surface area contributed by atoms with Gasteiger partial charge in [-0.2, -0.15) is 18.3 Å². The Balaban J connectivity index is 1.64. The van der Waals surface area contributed by atoms with E-state index in [0.717, 1.165) is 23.3 Å². The van der Waals surface area contributed by atoms with Crippen molar-refractivity contribution in [2.45, 2.75) is 25.6 Å². The van der Waals surface area contributed by atoms with Gasteiger partial charge in [-0.25, -0.2) is 4.79 Å². The standard InChI is InChI=1S/C20H19F3N4O/c1-19(2,15-5-7-16(8-6-15)20(21,22)23)27-18(28)26-17-9-3-13(4-10-17)14-11-24-25-12-14/h3-12H,1-2H3,(H,24,25)(H2,26,27,28). The Kier molecular flexibility index (Phi) is 5.13. The first-order valence-electron chi connectivity index (χ1n) is 8.51. The van der Waals surface area contributed by atoms with Crippen LogP contribution in [0.3, 0.4) is 0 Å². The van der Waals surface area contributed by atoms with Crippen LogP contribution >= 0.6 is 0 Å². The molecule has 5 nitrogen and oxygen atoms in total. The Labute approximate surface area is 160 Å². The lowest BCUT2D eigenvalue weighted by molar-refractivity contribution is -0.137. The van der Waals surface area contributed by atoms with Crippen molar-refractivity contribution in [2.75, 3.05) is 5.32 Å². The van der Waals surface area contributed by atoms with Gasteiger partial charge in [0.25, 0.3) is 0 Å². The molecule has 3 rings (SSSR count). The highest BCUT2D eigenvalue weighted by Crippen LogP contribution is 2.31. The Morgan fingerprint density at radius 3 is 2.07 bits per heavy atom. The normalized spacial score (nSPS) is 11.9. The molecule has 28 heavy (non-hydrogen) atoms. The number of carbonyl (C=O) groups excluding carboxylic acids is 1. The highest BCUT2D eigenvalue weighted by molar-refractivity contribution is 5.90. The number of nitrogens with zero attached hydrogens (tertiary/aromatic N) is 1. The summed E-state index contributed by atoms with van der Waals surface area (Å²) in [6.07, 6.45) is -0.931. The van der Waals surface area contributed by atoms with Gasteiger partial charge in [-0.3, -0.25) is 5.10 Å². The number of alkyl halides is 3. The lowest BCUT2D eigenvalue weighted by atomic mass is 9.93. The smallest absolute Gasteiger partial charge is 0.329 e. The molecule has 8 heteroatoms. The lowest BCUT2D eigenvalue weighted by Gasteiger charge is -2.27. The van der Waals surface area contributed by atoms with E-state index in [1.807, 2.05) is 12.1 Å². The van der Waals surface area contributed by atoms with Gasteiger partial charge in [0.1, 0.15) is 0 Å². The highest BCUT2D eigenvalue weighted by atomic mass is 19.4. The maximum atomic E-state index is 12.7. The van der Waals surface area contributed by atoms with E-state index < -0.39 is 23.3 Å². The second-order valence-electron chi connectivity index (χ2n) is 6.84. The van der Waals surface area contributed by atoms with Gasteiger partial charge in [0.2, 0.25) is 0 Å². The van der Waals surface area contributed by atoms with Crippen molar-refractivity contribution >= 4 is 11.7 Å². The van der Waals surface area contributed by atoms with E-state index in [2.05, 4.69) is 20.8 Å². The molecule has 0 saturated carbocycles. The summed E-state index contributed by atoms with van der Waals surface area (Å²) in [6.45, 7) is 3.44. The van der Waals surface area contributed by atoms with E-state index in [0.29, 0.717) is 11.3 Å². The molecule has 0 radical (unpaired) electrons. The summed E-state index contributed by atoms with van der Waals surface area (Å²) in [5.74, 6) is 0. The van der Waals surface area contributed by atoms with Crippen LogP contribution in [0.5, 0.6) is 0 Å². The lowest BCUT2D eigenvalue weighted by Crippen LogP contribution is -2.43. The third kappa shape index (κ3) is 4.51. The zero-order valence-corrected chi connectivity index (χ0v) is 15.3. The quantitative estimate of drug-likeness (QED) is 0.578. The fourth-order valence-corrected chi connectivity index (χ4v) is 2.75. The van der Waals surface area contributed by atoms with E-state index in [-0.39, 0.29) is 0 Å². The van der Waals surface area contributed by atoms with Gasteiger partial charge in [-0.15, -0.1) is 0 Å². The minimum Gasteiger partial charge on any atom is -0.329 e. The van der Waals surface area contributed by atoms with Crippen molar-refractivity contribution < 1.29 is 18.0 Å². The molecule has 0 unspecified atom stereocenters. The van der Waals surface area contributed by atoms with Gasteiger partial charge < -0.3 is 10.6 Å². The number of rotatable bonds is 4. The van der Waals surface area contributed by atoms with Crippen molar-refractivity contribution in [3.05, 3.63) is 72.1 Å². The molecule has 2 aromatic carbocycles. The molecule has 146 valence electrons. The largest absolute Gasteiger partial charge is 0.416 e. The minimum absolute atomic E-state index is 0.457. The molecule has 0 fully saturated rings. The molecule has 3 aromatic rings. The van der Waals surface area contributed by atoms with Gasteiger partial charge in [-0.05, 0) is 49.2 Å². The Bertz CT molecular complexity index is 931. The molecule has 0 aliphatic carbocycles. The fourth-order valence-electron chi connectivity index (χ4n) is 2.75. The molecule has 0 aliphatic rings. The second kappa shape index (κ2) is 7.38. The first kappa shape index (κ1) is 19.5. The number of halogens is 3. The third-order valence-corrected chi connectivity index (χ3v) is 4.33. The summed E-state index contributed by atoms with van der Waals surface area (Å²) in [4.78, 5) is 12.3. The topological polar surface area (TPSA) is 69.8 Å². The molecule has 0 atom stereocenters. The Morgan fingerprint density at radius 2 is 1.54 bits per heavy atom. The number of amides is 2. The first-order chi connectivity index (χ1) is 13.1. The predicted octanol–water partition coefficient (Wildman–Crippen LogP) is 5.15. The van der Waals surface area contributed by atoms with Crippen LogP contribution in [-0.4, -0.2) is 16.2 Å². The predicted molar refractivity (Wildman–Crippen MR) is 101 cm³/mol. The molecule has 1 heterocycles. The molecule has 2 amide bonds. The van der Waals surface area contributed by atoms with Gasteiger partial charge in [-0.1, -0.05) is 24.3 Å². The first-order valence-corrected chi connectivity index (χ1v) is 8.51. The number of hydrogen-bond donors (Lipinski definition) is 3. The van der Waals surface area contributed by atoms with Gasteiger partial charge >= 0.3 is 12.2 Å². The zero-order valence-electron chi connectivity index (χ0n) is 15.3. The fraction of sp³-hybridized carbons (Fsp3) is 0.200. The van der Waals surface area contributed by atoms with Crippen LogP contribution in [0.1, 0.15) is 25.0 Å². The summed E-state index contributed by atoms with van der Waals surface area (Å²) in [7, 11) is 0. The third-order valence-electron chi connectivity index (χ3n) is 4.33. The van der Waals surface area contributed by atoms with Crippen LogP contribution in [-0.2, 0) is 11.7 Å². The Hall–Kier alpha value is -3.29. The molecule has 3 N–H and O–H groups in total. The van der Waals surface area contributed by atoms with Crippen LogP contribution in [0, 0.1) is 0 Å². The van der Waals surface area contributed by atoms with E-state index in [4.69, 9.17) is 0 Å². The zero-order chi connectivity index (χ0) is 20.4. The van der Waals surface area contributed by atoms with Crippen LogP contribution in [0.25, 0.3) is 11.1 Å². The van der Waals surface area contributed by atoms with Crippen molar-refractivity contribution in [3.63, 3.8) is 0 Å². The number of H-pyrrole nitrogens is 1. The van der Waals surface area contributed by atoms with E-state index in [1.54, 1.807) is 38.4 Å². The van der Waals surface area contributed by atoms with Gasteiger partial charge in [0.05, 0.1) is 17.3 Å². The van der Waals surface area contributed by atoms with Crippen LogP contribution in [0.15, 0.2) is 60.9 Å². The molecule has 0 aliphatic heterocycles. The van der Waals surface area contributed by atoms with Gasteiger partial charge in [0.15, 0.2) is 0 Å². The van der Waals surface area contributed by atoms with Crippen molar-refractivity contribution in [3.8, 4) is 11.1 Å². The molecule has 0 spiro atoms. The summed E-state index contributed by atoms with van der Waals surface area (Å²) in [6, 6.07) is 11.5. The van der Waals surface area contributed by atoms with Crippen molar-refractivity contribution in [2.24, 2.45) is 0 Å². The monoisotopic (exact) mass is 388 g/mol. The maximum absolute atomic E-state index is 12.7. The average molecular weight is 388 g/mol. The number of aromatic amines is 1. The average Bonchev–Trinajstić information content (AvgIpc) is 3.16. The van der Waals surface area contributed by atoms with E-state index in [9.17, 15) is 18.0 Å². The summed E-state index contributed by atoms with van der Waals surface area (Å²) in [5, 5.41) is 12.1. The number of anilines is 1. The molecular formula is C20H19F3N4O. The van der Waals surface area contributed by atoms with Crippen LogP contribution < -0.4 is 10.6 Å². The highest BCUT2D eigenvalue weighted by Gasteiger charge is 2.31. The Morgan fingerprint density at radius 1 is 0.929 bits per heavy atom.